The zero-order valence-corrected chi connectivity index (χ0v) is 19.2. The Bertz CT molecular complexity index is 1070. The van der Waals surface area contributed by atoms with Crippen molar-refractivity contribution in [3.63, 3.8) is 0 Å². The summed E-state index contributed by atoms with van der Waals surface area (Å²) in [5.41, 5.74) is 4.44. The summed E-state index contributed by atoms with van der Waals surface area (Å²) in [4.78, 5) is 4.17. The van der Waals surface area contributed by atoms with Gasteiger partial charge in [0, 0.05) is 18.3 Å². The van der Waals surface area contributed by atoms with E-state index in [9.17, 15) is 20.4 Å². The number of rotatable bonds is 11. The first-order chi connectivity index (χ1) is 16.5. The van der Waals surface area contributed by atoms with Crippen molar-refractivity contribution >= 4 is 6.08 Å². The van der Waals surface area contributed by atoms with Gasteiger partial charge >= 0.3 is 0 Å². The van der Waals surface area contributed by atoms with E-state index in [1.807, 2.05) is 24.3 Å². The Hall–Kier alpha value is -2.81. The molecule has 7 heteroatoms. The molecule has 4 rings (SSSR count). The van der Waals surface area contributed by atoms with Crippen LogP contribution in [-0.4, -0.2) is 62.0 Å². The highest BCUT2D eigenvalue weighted by Gasteiger charge is 2.40. The molecule has 4 atom stereocenters. The molecule has 180 valence electrons. The van der Waals surface area contributed by atoms with E-state index in [0.29, 0.717) is 11.7 Å². The third kappa shape index (κ3) is 5.63. The molecule has 1 heterocycles. The monoisotopic (exact) mass is 464 g/mol. The summed E-state index contributed by atoms with van der Waals surface area (Å²) in [5, 5.41) is 38.0. The lowest BCUT2D eigenvalue weighted by Crippen LogP contribution is -2.23. The highest BCUT2D eigenvalue weighted by atomic mass is 16.5. The number of aliphatic hydroxyl groups is 4. The van der Waals surface area contributed by atoms with Gasteiger partial charge in [0.05, 0.1) is 32.0 Å². The molecule has 1 fully saturated rings. The molecule has 4 unspecified atom stereocenters. The summed E-state index contributed by atoms with van der Waals surface area (Å²) >= 11 is 0. The van der Waals surface area contributed by atoms with Gasteiger partial charge in [-0.25, -0.2) is 4.98 Å². The van der Waals surface area contributed by atoms with Crippen LogP contribution in [0.5, 0.6) is 0 Å². The fourth-order valence-corrected chi connectivity index (χ4v) is 4.17. The smallest absolute Gasteiger partial charge is 0.137 e. The summed E-state index contributed by atoms with van der Waals surface area (Å²) in [6, 6.07) is 16.3. The minimum atomic E-state index is -0.709. The average Bonchev–Trinajstić information content (AvgIpc) is 3.46. The minimum absolute atomic E-state index is 0.0583. The third-order valence-electron chi connectivity index (χ3n) is 6.22. The number of aromatic nitrogens is 2. The van der Waals surface area contributed by atoms with Crippen molar-refractivity contribution in [1.82, 2.24) is 9.55 Å². The van der Waals surface area contributed by atoms with Crippen LogP contribution in [0.3, 0.4) is 0 Å². The van der Waals surface area contributed by atoms with E-state index in [2.05, 4.69) is 41.4 Å². The maximum atomic E-state index is 9.87. The number of hydrogen-bond acceptors (Lipinski definition) is 6. The van der Waals surface area contributed by atoms with Crippen LogP contribution in [0, 0.1) is 0 Å². The maximum Gasteiger partial charge on any atom is 0.137 e. The van der Waals surface area contributed by atoms with E-state index in [0.717, 1.165) is 23.1 Å². The van der Waals surface area contributed by atoms with Gasteiger partial charge < -0.3 is 29.7 Å². The molecule has 7 nitrogen and oxygen atoms in total. The SMILES string of the molecule is CC(O)c1nccn1C(/C=C/c1ccc(-c2ccc(C3CC3OC(CO)CO)cc2)cc1)CO. The number of ether oxygens (including phenoxy) is 1. The van der Waals surface area contributed by atoms with Crippen molar-refractivity contribution in [2.45, 2.75) is 43.6 Å². The lowest BCUT2D eigenvalue weighted by atomic mass is 10.0. The van der Waals surface area contributed by atoms with Crippen LogP contribution in [0.4, 0.5) is 0 Å². The first kappa shape index (κ1) is 24.3. The molecule has 0 aliphatic heterocycles. The van der Waals surface area contributed by atoms with E-state index in [-0.39, 0.29) is 32.0 Å². The molecule has 0 amide bonds. The van der Waals surface area contributed by atoms with Crippen LogP contribution in [0.1, 0.15) is 48.4 Å². The standard InChI is InChI=1S/C27H32N2O5/c1-18(33)27-28-12-13-29(27)23(15-30)11-4-19-2-5-20(6-3-19)21-7-9-22(10-8-21)25-14-26(25)34-24(16-31)17-32/h2-13,18,23-26,30-33H,14-17H2,1H3/b11-4+. The average molecular weight is 465 g/mol. The lowest BCUT2D eigenvalue weighted by molar-refractivity contribution is -0.0305. The maximum absolute atomic E-state index is 9.87. The van der Waals surface area contributed by atoms with Crippen molar-refractivity contribution in [3.8, 4) is 11.1 Å². The molecule has 3 aromatic rings. The van der Waals surface area contributed by atoms with E-state index >= 15 is 0 Å². The second kappa shape index (κ2) is 11.1. The normalized spacial score (nSPS) is 19.6. The Labute approximate surface area is 199 Å². The molecule has 0 radical (unpaired) electrons. The van der Waals surface area contributed by atoms with Gasteiger partial charge in [0.15, 0.2) is 0 Å². The Morgan fingerprint density at radius 2 is 1.65 bits per heavy atom. The first-order valence-electron chi connectivity index (χ1n) is 11.6. The molecular weight excluding hydrogens is 432 g/mol. The Kier molecular flexibility index (Phi) is 7.92. The summed E-state index contributed by atoms with van der Waals surface area (Å²) in [6.45, 7) is 1.22. The van der Waals surface area contributed by atoms with Crippen LogP contribution < -0.4 is 0 Å². The summed E-state index contributed by atoms with van der Waals surface area (Å²) in [5.74, 6) is 0.833. The van der Waals surface area contributed by atoms with Gasteiger partial charge in [-0.1, -0.05) is 60.7 Å². The number of nitrogens with zero attached hydrogens (tertiary/aromatic N) is 2. The van der Waals surface area contributed by atoms with Crippen molar-refractivity contribution in [1.29, 1.82) is 0 Å². The molecule has 4 N–H and O–H groups in total. The zero-order valence-electron chi connectivity index (χ0n) is 19.2. The molecule has 1 saturated carbocycles. The second-order valence-electron chi connectivity index (χ2n) is 8.73. The molecule has 1 aromatic heterocycles. The number of benzene rings is 2. The van der Waals surface area contributed by atoms with Gasteiger partial charge in [0.2, 0.25) is 0 Å². The highest BCUT2D eigenvalue weighted by Crippen LogP contribution is 2.44. The molecule has 34 heavy (non-hydrogen) atoms. The van der Waals surface area contributed by atoms with Crippen LogP contribution in [0.25, 0.3) is 17.2 Å². The molecule has 0 spiro atoms. The first-order valence-corrected chi connectivity index (χ1v) is 11.6. The molecule has 0 saturated heterocycles. The molecule has 1 aliphatic carbocycles. The topological polar surface area (TPSA) is 108 Å². The Morgan fingerprint density at radius 3 is 2.24 bits per heavy atom. The summed E-state index contributed by atoms with van der Waals surface area (Å²) in [7, 11) is 0. The summed E-state index contributed by atoms with van der Waals surface area (Å²) < 4.78 is 7.48. The molecule has 1 aliphatic rings. The van der Waals surface area contributed by atoms with E-state index in [4.69, 9.17) is 4.74 Å². The lowest BCUT2D eigenvalue weighted by Gasteiger charge is -2.16. The van der Waals surface area contributed by atoms with Crippen molar-refractivity contribution in [2.24, 2.45) is 0 Å². The highest BCUT2D eigenvalue weighted by molar-refractivity contribution is 5.66. The van der Waals surface area contributed by atoms with Gasteiger partial charge in [-0.05, 0) is 35.6 Å². The van der Waals surface area contributed by atoms with Gasteiger partial charge in [-0.3, -0.25) is 0 Å². The minimum Gasteiger partial charge on any atom is -0.394 e. The van der Waals surface area contributed by atoms with E-state index in [1.165, 1.54) is 5.56 Å². The third-order valence-corrected chi connectivity index (χ3v) is 6.22. The van der Waals surface area contributed by atoms with Crippen molar-refractivity contribution in [3.05, 3.63) is 84.0 Å². The Balaban J connectivity index is 1.38. The van der Waals surface area contributed by atoms with Crippen LogP contribution in [0.2, 0.25) is 0 Å². The van der Waals surface area contributed by atoms with Crippen LogP contribution in [0.15, 0.2) is 67.0 Å². The van der Waals surface area contributed by atoms with Gasteiger partial charge in [-0.2, -0.15) is 0 Å². The predicted octanol–water partition coefficient (Wildman–Crippen LogP) is 3.08. The predicted molar refractivity (Wildman–Crippen MR) is 130 cm³/mol. The number of hydrogen-bond donors (Lipinski definition) is 4. The van der Waals surface area contributed by atoms with Crippen LogP contribution in [-0.2, 0) is 4.74 Å². The molecular formula is C27H32N2O5. The largest absolute Gasteiger partial charge is 0.394 e. The van der Waals surface area contributed by atoms with E-state index in [1.54, 1.807) is 23.9 Å². The van der Waals surface area contributed by atoms with E-state index < -0.39 is 12.2 Å². The Morgan fingerprint density at radius 1 is 1.00 bits per heavy atom. The second-order valence-corrected chi connectivity index (χ2v) is 8.73. The van der Waals surface area contributed by atoms with Gasteiger partial charge in [-0.15, -0.1) is 0 Å². The van der Waals surface area contributed by atoms with Crippen molar-refractivity contribution < 1.29 is 25.2 Å². The van der Waals surface area contributed by atoms with Crippen molar-refractivity contribution in [2.75, 3.05) is 19.8 Å². The quantitative estimate of drug-likeness (QED) is 0.347. The van der Waals surface area contributed by atoms with Gasteiger partial charge in [0.25, 0.3) is 0 Å². The van der Waals surface area contributed by atoms with Crippen LogP contribution >= 0.6 is 0 Å². The molecule has 2 aromatic carbocycles. The number of aliphatic hydroxyl groups excluding tert-OH is 4. The fraction of sp³-hybridized carbons (Fsp3) is 0.370. The summed E-state index contributed by atoms with van der Waals surface area (Å²) in [6.07, 6.45) is 6.99. The fourth-order valence-electron chi connectivity index (χ4n) is 4.17. The number of imidazole rings is 1. The van der Waals surface area contributed by atoms with Gasteiger partial charge in [0.1, 0.15) is 18.0 Å². The zero-order chi connectivity index (χ0) is 24.1. The molecule has 0 bridgehead atoms.